The Morgan fingerprint density at radius 1 is 0.884 bits per heavy atom. The lowest BCUT2D eigenvalue weighted by Gasteiger charge is -2.28. The first-order valence-corrected chi connectivity index (χ1v) is 15.8. The van der Waals surface area contributed by atoms with E-state index in [1.807, 2.05) is 30.3 Å². The molecule has 0 bridgehead atoms. The summed E-state index contributed by atoms with van der Waals surface area (Å²) in [5.74, 6) is 0.597. The summed E-state index contributed by atoms with van der Waals surface area (Å²) < 4.78 is 49.5. The Kier molecular flexibility index (Phi) is 12.5. The maximum absolute atomic E-state index is 13.8. The topological polar surface area (TPSA) is 141 Å². The number of hydrogen-bond donors (Lipinski definition) is 2. The average Bonchev–Trinajstić information content (AvgIpc) is 3.02. The number of nitrogens with one attached hydrogen (secondary N) is 1. The molecule has 232 valence electrons. The molecule has 1 atom stereocenters. The molecule has 0 aliphatic carbocycles. The molecule has 0 fully saturated rings. The van der Waals surface area contributed by atoms with E-state index in [4.69, 9.17) is 18.9 Å². The van der Waals surface area contributed by atoms with Crippen molar-refractivity contribution in [3.8, 4) is 23.0 Å². The number of carboxylic acids is 1. The third-order valence-electron chi connectivity index (χ3n) is 6.52. The second-order valence-corrected chi connectivity index (χ2v) is 12.2. The number of methoxy groups -OCH3 is 4. The molecule has 0 aromatic heterocycles. The van der Waals surface area contributed by atoms with Crippen LogP contribution < -0.4 is 24.3 Å². The molecule has 0 spiro atoms. The van der Waals surface area contributed by atoms with Gasteiger partial charge in [-0.15, -0.1) is 0 Å². The normalized spacial score (nSPS) is 11.9. The summed E-state index contributed by atoms with van der Waals surface area (Å²) in [6, 6.07) is 16.9. The highest BCUT2D eigenvalue weighted by atomic mass is 32.2. The van der Waals surface area contributed by atoms with Gasteiger partial charge in [0.25, 0.3) is 0 Å². The molecular weight excluding hydrogens is 596 g/mol. The third kappa shape index (κ3) is 9.02. The molecule has 3 aromatic rings. The van der Waals surface area contributed by atoms with Gasteiger partial charge in [-0.05, 0) is 42.0 Å². The standard InChI is InChI=1S/C30H36N2O9S2/c1-38-22-10-12-24(13-11-22)43(36,37)32(26(30(34)35)14-15-42-20-21-8-6-5-7-9-21)19-29(33)31-18-25-27(40-3)16-23(39-2)17-28(25)41-4/h5-13,16-17,26H,14-15,18-20H2,1-4H3,(H,31,33)(H,34,35). The number of amides is 1. The van der Waals surface area contributed by atoms with Crippen molar-refractivity contribution in [1.82, 2.24) is 9.62 Å². The monoisotopic (exact) mass is 632 g/mol. The molecule has 0 aliphatic rings. The molecule has 2 N–H and O–H groups in total. The van der Waals surface area contributed by atoms with E-state index in [0.29, 0.717) is 40.1 Å². The summed E-state index contributed by atoms with van der Waals surface area (Å²) >= 11 is 1.48. The van der Waals surface area contributed by atoms with Crippen LogP contribution >= 0.6 is 11.8 Å². The fourth-order valence-electron chi connectivity index (χ4n) is 4.23. The predicted molar refractivity (Wildman–Crippen MR) is 163 cm³/mol. The largest absolute Gasteiger partial charge is 0.497 e. The molecule has 0 saturated heterocycles. The Bertz CT molecular complexity index is 1440. The number of carboxylic acid groups (broad SMARTS) is 1. The first-order chi connectivity index (χ1) is 20.6. The van der Waals surface area contributed by atoms with Crippen LogP contribution in [0.1, 0.15) is 17.5 Å². The highest BCUT2D eigenvalue weighted by Crippen LogP contribution is 2.34. The Labute approximate surface area is 256 Å². The Morgan fingerprint density at radius 2 is 1.49 bits per heavy atom. The summed E-state index contributed by atoms with van der Waals surface area (Å²) in [5.41, 5.74) is 1.56. The van der Waals surface area contributed by atoms with Gasteiger partial charge in [-0.1, -0.05) is 30.3 Å². The van der Waals surface area contributed by atoms with E-state index in [1.165, 1.54) is 64.5 Å². The molecule has 3 aromatic carbocycles. The minimum absolute atomic E-state index is 0.0182. The smallest absolute Gasteiger partial charge is 0.322 e. The van der Waals surface area contributed by atoms with Gasteiger partial charge in [-0.2, -0.15) is 16.1 Å². The summed E-state index contributed by atoms with van der Waals surface area (Å²) in [5, 5.41) is 12.8. The van der Waals surface area contributed by atoms with Crippen molar-refractivity contribution in [2.24, 2.45) is 0 Å². The average molecular weight is 633 g/mol. The number of benzene rings is 3. The molecule has 1 amide bonds. The Hall–Kier alpha value is -3.94. The van der Waals surface area contributed by atoms with Crippen molar-refractivity contribution < 1.29 is 42.1 Å². The number of nitrogens with zero attached hydrogens (tertiary/aromatic N) is 1. The van der Waals surface area contributed by atoms with E-state index in [1.54, 1.807) is 12.1 Å². The zero-order valence-electron chi connectivity index (χ0n) is 24.4. The molecule has 43 heavy (non-hydrogen) atoms. The number of hydrogen-bond acceptors (Lipinski definition) is 9. The highest BCUT2D eigenvalue weighted by Gasteiger charge is 2.37. The van der Waals surface area contributed by atoms with E-state index in [0.717, 1.165) is 9.87 Å². The van der Waals surface area contributed by atoms with Crippen molar-refractivity contribution in [2.75, 3.05) is 40.7 Å². The van der Waals surface area contributed by atoms with Crippen LogP contribution in [0.5, 0.6) is 23.0 Å². The molecule has 0 aliphatic heterocycles. The highest BCUT2D eigenvalue weighted by molar-refractivity contribution is 7.98. The van der Waals surface area contributed by atoms with Crippen molar-refractivity contribution in [1.29, 1.82) is 0 Å². The van der Waals surface area contributed by atoms with Crippen LogP contribution in [0.3, 0.4) is 0 Å². The molecule has 0 heterocycles. The van der Waals surface area contributed by atoms with Crippen LogP contribution in [-0.2, 0) is 31.9 Å². The molecule has 13 heteroatoms. The second kappa shape index (κ2) is 16.1. The third-order valence-corrected chi connectivity index (χ3v) is 9.46. The van der Waals surface area contributed by atoms with E-state index in [-0.39, 0.29) is 17.9 Å². The van der Waals surface area contributed by atoms with Gasteiger partial charge in [-0.25, -0.2) is 8.42 Å². The quantitative estimate of drug-likeness (QED) is 0.211. The maximum atomic E-state index is 13.8. The van der Waals surface area contributed by atoms with Gasteiger partial charge < -0.3 is 29.4 Å². The van der Waals surface area contributed by atoms with Gasteiger partial charge in [-0.3, -0.25) is 9.59 Å². The fourth-order valence-corrected chi connectivity index (χ4v) is 6.76. The van der Waals surface area contributed by atoms with Gasteiger partial charge >= 0.3 is 5.97 Å². The Morgan fingerprint density at radius 3 is 2.02 bits per heavy atom. The number of ether oxygens (including phenoxy) is 4. The second-order valence-electron chi connectivity index (χ2n) is 9.19. The first-order valence-electron chi connectivity index (χ1n) is 13.2. The number of sulfonamides is 1. The zero-order chi connectivity index (χ0) is 31.4. The van der Waals surface area contributed by atoms with Crippen LogP contribution in [0, 0.1) is 0 Å². The first kappa shape index (κ1) is 33.6. The van der Waals surface area contributed by atoms with Crippen molar-refractivity contribution >= 4 is 33.7 Å². The van der Waals surface area contributed by atoms with Crippen molar-refractivity contribution in [2.45, 2.75) is 29.7 Å². The van der Waals surface area contributed by atoms with Gasteiger partial charge in [0.1, 0.15) is 29.0 Å². The SMILES string of the molecule is COc1ccc(S(=O)(=O)N(CC(=O)NCc2c(OC)cc(OC)cc2OC)C(CCSCc2ccccc2)C(=O)O)cc1. The lowest BCUT2D eigenvalue weighted by atomic mass is 10.1. The van der Waals surface area contributed by atoms with E-state index in [9.17, 15) is 23.1 Å². The number of carbonyl (C=O) groups excluding carboxylic acids is 1. The number of carbonyl (C=O) groups is 2. The molecule has 3 rings (SSSR count). The van der Waals surface area contributed by atoms with Gasteiger partial charge in [0, 0.05) is 17.9 Å². The van der Waals surface area contributed by atoms with E-state index >= 15 is 0 Å². The fraction of sp³-hybridized carbons (Fsp3) is 0.333. The number of thioether (sulfide) groups is 1. The lowest BCUT2D eigenvalue weighted by molar-refractivity contribution is -0.141. The zero-order valence-corrected chi connectivity index (χ0v) is 26.1. The minimum Gasteiger partial charge on any atom is -0.497 e. The summed E-state index contributed by atoms with van der Waals surface area (Å²) in [4.78, 5) is 25.5. The molecule has 1 unspecified atom stereocenters. The van der Waals surface area contributed by atoms with Gasteiger partial charge in [0.15, 0.2) is 0 Å². The summed E-state index contributed by atoms with van der Waals surface area (Å²) in [6.45, 7) is -0.800. The summed E-state index contributed by atoms with van der Waals surface area (Å²) in [7, 11) is 1.43. The molecule has 0 saturated carbocycles. The summed E-state index contributed by atoms with van der Waals surface area (Å²) in [6.07, 6.45) is -0.0182. The van der Waals surface area contributed by atoms with Crippen LogP contribution in [0.25, 0.3) is 0 Å². The molecule has 0 radical (unpaired) electrons. The maximum Gasteiger partial charge on any atom is 0.322 e. The van der Waals surface area contributed by atoms with Crippen LogP contribution in [-0.4, -0.2) is 76.5 Å². The minimum atomic E-state index is -4.41. The van der Waals surface area contributed by atoms with Gasteiger partial charge in [0.05, 0.1) is 52.0 Å². The predicted octanol–water partition coefficient (Wildman–Crippen LogP) is 3.80. The van der Waals surface area contributed by atoms with Crippen molar-refractivity contribution in [3.05, 3.63) is 77.9 Å². The van der Waals surface area contributed by atoms with Crippen LogP contribution in [0.2, 0.25) is 0 Å². The van der Waals surface area contributed by atoms with E-state index < -0.39 is 34.5 Å². The number of aliphatic carboxylic acids is 1. The number of rotatable bonds is 17. The van der Waals surface area contributed by atoms with Crippen molar-refractivity contribution in [3.63, 3.8) is 0 Å². The van der Waals surface area contributed by atoms with Crippen LogP contribution in [0.4, 0.5) is 0 Å². The molecular formula is C30H36N2O9S2. The lowest BCUT2D eigenvalue weighted by Crippen LogP contribution is -2.49. The van der Waals surface area contributed by atoms with E-state index in [2.05, 4.69) is 5.32 Å². The van der Waals surface area contributed by atoms with Gasteiger partial charge in [0.2, 0.25) is 15.9 Å². The Balaban J connectivity index is 1.85. The van der Waals surface area contributed by atoms with Crippen LogP contribution in [0.15, 0.2) is 71.6 Å². The molecule has 11 nitrogen and oxygen atoms in total.